The zero-order chi connectivity index (χ0) is 21.8. The number of aromatic nitrogens is 4. The second-order valence-corrected chi connectivity index (χ2v) is 9.83. The first-order valence-corrected chi connectivity index (χ1v) is 11.4. The maximum Gasteiger partial charge on any atom is 0.141 e. The predicted molar refractivity (Wildman–Crippen MR) is 124 cm³/mol. The highest BCUT2D eigenvalue weighted by molar-refractivity contribution is 6.30. The summed E-state index contributed by atoms with van der Waals surface area (Å²) in [6.07, 6.45) is 6.53. The van der Waals surface area contributed by atoms with Crippen molar-refractivity contribution in [1.82, 2.24) is 19.9 Å². The number of aromatic amines is 1. The van der Waals surface area contributed by atoms with Gasteiger partial charge in [0.25, 0.3) is 0 Å². The summed E-state index contributed by atoms with van der Waals surface area (Å²) in [5.41, 5.74) is 3.48. The Morgan fingerprint density at radius 1 is 1.29 bits per heavy atom. The number of fused-ring (bicyclic) bond motifs is 2. The molecular formula is C23H29ClN6O. The Morgan fingerprint density at radius 3 is 2.94 bits per heavy atom. The molecule has 1 fully saturated rings. The largest absolute Gasteiger partial charge is 0.390 e. The Hall–Kier alpha value is -2.38. The number of hydrogen-bond acceptors (Lipinski definition) is 6. The molecule has 2 aliphatic rings. The van der Waals surface area contributed by atoms with Gasteiger partial charge in [-0.05, 0) is 45.7 Å². The molecule has 0 unspecified atom stereocenters. The fourth-order valence-corrected chi connectivity index (χ4v) is 5.25. The number of pyridine rings is 1. The van der Waals surface area contributed by atoms with Gasteiger partial charge in [0.15, 0.2) is 0 Å². The third-order valence-corrected chi connectivity index (χ3v) is 7.06. The van der Waals surface area contributed by atoms with Crippen LogP contribution in [0.1, 0.15) is 44.9 Å². The lowest BCUT2D eigenvalue weighted by Gasteiger charge is -2.42. The minimum absolute atomic E-state index is 0.226. The molecule has 0 radical (unpaired) electrons. The highest BCUT2D eigenvalue weighted by Crippen LogP contribution is 2.37. The number of anilines is 2. The van der Waals surface area contributed by atoms with Gasteiger partial charge < -0.3 is 19.9 Å². The number of nitrogens with one attached hydrogen (secondary N) is 1. The van der Waals surface area contributed by atoms with Gasteiger partial charge in [-0.3, -0.25) is 0 Å². The SMILES string of the molecule is C[C@@H]1Cc2ncnc(N3CCC[C@H](C(C)(C)O)C3)c2CN1c1cc(Cl)nc2[nH]ccc12. The van der Waals surface area contributed by atoms with Crippen molar-refractivity contribution in [1.29, 1.82) is 0 Å². The van der Waals surface area contributed by atoms with E-state index in [-0.39, 0.29) is 12.0 Å². The molecule has 0 saturated carbocycles. The van der Waals surface area contributed by atoms with E-state index in [1.807, 2.05) is 26.1 Å². The van der Waals surface area contributed by atoms with Crippen LogP contribution in [0.15, 0.2) is 24.7 Å². The molecule has 0 spiro atoms. The zero-order valence-electron chi connectivity index (χ0n) is 18.3. The molecule has 2 aliphatic heterocycles. The van der Waals surface area contributed by atoms with Crippen molar-refractivity contribution in [3.63, 3.8) is 0 Å². The first kappa shape index (κ1) is 20.5. The first-order valence-electron chi connectivity index (χ1n) is 11.0. The molecule has 31 heavy (non-hydrogen) atoms. The first-order chi connectivity index (χ1) is 14.8. The van der Waals surface area contributed by atoms with E-state index in [2.05, 4.69) is 37.7 Å². The van der Waals surface area contributed by atoms with Crippen molar-refractivity contribution in [2.75, 3.05) is 22.9 Å². The molecule has 3 aromatic heterocycles. The molecular weight excluding hydrogens is 412 g/mol. The Balaban J connectivity index is 1.52. The van der Waals surface area contributed by atoms with E-state index in [4.69, 9.17) is 16.6 Å². The van der Waals surface area contributed by atoms with Crippen molar-refractivity contribution in [2.24, 2.45) is 5.92 Å². The van der Waals surface area contributed by atoms with Crippen LogP contribution in [0.3, 0.4) is 0 Å². The number of halogens is 1. The van der Waals surface area contributed by atoms with E-state index < -0.39 is 5.60 Å². The van der Waals surface area contributed by atoms with Crippen molar-refractivity contribution < 1.29 is 5.11 Å². The number of aliphatic hydroxyl groups is 1. The summed E-state index contributed by atoms with van der Waals surface area (Å²) in [6.45, 7) is 8.53. The molecule has 2 atom stereocenters. The smallest absolute Gasteiger partial charge is 0.141 e. The van der Waals surface area contributed by atoms with Crippen LogP contribution in [-0.4, -0.2) is 49.8 Å². The minimum atomic E-state index is -0.694. The lowest BCUT2D eigenvalue weighted by Crippen LogP contribution is -2.46. The molecule has 0 aromatic carbocycles. The molecule has 5 rings (SSSR count). The van der Waals surface area contributed by atoms with Crippen LogP contribution in [0, 0.1) is 5.92 Å². The number of rotatable bonds is 3. The van der Waals surface area contributed by atoms with Crippen LogP contribution in [-0.2, 0) is 13.0 Å². The second-order valence-electron chi connectivity index (χ2n) is 9.45. The number of nitrogens with zero attached hydrogens (tertiary/aromatic N) is 5. The summed E-state index contributed by atoms with van der Waals surface area (Å²) in [5, 5.41) is 12.1. The fourth-order valence-electron chi connectivity index (χ4n) is 5.06. The van der Waals surface area contributed by atoms with Gasteiger partial charge >= 0.3 is 0 Å². The van der Waals surface area contributed by atoms with E-state index in [0.717, 1.165) is 67.1 Å². The zero-order valence-corrected chi connectivity index (χ0v) is 19.0. The quantitative estimate of drug-likeness (QED) is 0.600. The Bertz CT molecular complexity index is 1110. The Kier molecular flexibility index (Phi) is 5.06. The molecule has 164 valence electrons. The number of hydrogen-bond donors (Lipinski definition) is 2. The number of H-pyrrole nitrogens is 1. The summed E-state index contributed by atoms with van der Waals surface area (Å²) in [4.78, 5) is 21.7. The average Bonchev–Trinajstić information content (AvgIpc) is 3.20. The van der Waals surface area contributed by atoms with Crippen LogP contribution >= 0.6 is 11.6 Å². The van der Waals surface area contributed by atoms with Crippen LogP contribution < -0.4 is 9.80 Å². The van der Waals surface area contributed by atoms with Crippen molar-refractivity contribution in [3.8, 4) is 0 Å². The van der Waals surface area contributed by atoms with Gasteiger partial charge in [-0.25, -0.2) is 15.0 Å². The predicted octanol–water partition coefficient (Wildman–Crippen LogP) is 3.94. The van der Waals surface area contributed by atoms with E-state index in [0.29, 0.717) is 5.15 Å². The van der Waals surface area contributed by atoms with Gasteiger partial charge in [0.2, 0.25) is 0 Å². The molecule has 3 aromatic rings. The highest BCUT2D eigenvalue weighted by Gasteiger charge is 2.35. The molecule has 7 nitrogen and oxygen atoms in total. The molecule has 8 heteroatoms. The van der Waals surface area contributed by atoms with Gasteiger partial charge in [0.1, 0.15) is 22.9 Å². The Morgan fingerprint density at radius 2 is 2.13 bits per heavy atom. The summed E-state index contributed by atoms with van der Waals surface area (Å²) in [6, 6.07) is 4.28. The van der Waals surface area contributed by atoms with Gasteiger partial charge in [-0.2, -0.15) is 0 Å². The van der Waals surface area contributed by atoms with Crippen LogP contribution in [0.5, 0.6) is 0 Å². The van der Waals surface area contributed by atoms with E-state index in [1.165, 1.54) is 5.56 Å². The Labute approximate surface area is 187 Å². The molecule has 5 heterocycles. The molecule has 2 N–H and O–H groups in total. The van der Waals surface area contributed by atoms with Gasteiger partial charge in [-0.15, -0.1) is 0 Å². The van der Waals surface area contributed by atoms with Gasteiger partial charge in [0.05, 0.1) is 17.0 Å². The molecule has 0 amide bonds. The van der Waals surface area contributed by atoms with E-state index in [9.17, 15) is 5.11 Å². The summed E-state index contributed by atoms with van der Waals surface area (Å²) < 4.78 is 0. The van der Waals surface area contributed by atoms with Crippen LogP contribution in [0.2, 0.25) is 5.15 Å². The van der Waals surface area contributed by atoms with Crippen molar-refractivity contribution in [2.45, 2.75) is 58.2 Å². The highest BCUT2D eigenvalue weighted by atomic mass is 35.5. The van der Waals surface area contributed by atoms with E-state index in [1.54, 1.807) is 6.33 Å². The van der Waals surface area contributed by atoms with Crippen molar-refractivity contribution in [3.05, 3.63) is 41.1 Å². The van der Waals surface area contributed by atoms with Crippen molar-refractivity contribution >= 4 is 34.1 Å². The lowest BCUT2D eigenvalue weighted by atomic mass is 9.84. The maximum absolute atomic E-state index is 10.6. The lowest BCUT2D eigenvalue weighted by molar-refractivity contribution is 0.0109. The monoisotopic (exact) mass is 440 g/mol. The van der Waals surface area contributed by atoms with Crippen LogP contribution in [0.25, 0.3) is 11.0 Å². The van der Waals surface area contributed by atoms with E-state index >= 15 is 0 Å². The molecule has 0 aliphatic carbocycles. The normalized spacial score (nSPS) is 22.1. The molecule has 0 bridgehead atoms. The average molecular weight is 441 g/mol. The topological polar surface area (TPSA) is 81.2 Å². The van der Waals surface area contributed by atoms with Crippen LogP contribution in [0.4, 0.5) is 11.5 Å². The summed E-state index contributed by atoms with van der Waals surface area (Å²) in [7, 11) is 0. The second kappa shape index (κ2) is 7.64. The number of piperidine rings is 1. The van der Waals surface area contributed by atoms with Gasteiger partial charge in [0, 0.05) is 55.2 Å². The van der Waals surface area contributed by atoms with Gasteiger partial charge in [-0.1, -0.05) is 11.6 Å². The summed E-state index contributed by atoms with van der Waals surface area (Å²) in [5.74, 6) is 1.23. The standard InChI is InChI=1S/C23H29ClN6O/c1-14-9-18-17(12-30(14)19-10-20(24)28-21-16(19)6-7-25-21)22(27-13-26-18)29-8-4-5-15(11-29)23(2,3)31/h6-7,10,13-15,31H,4-5,8-9,11-12H2,1-3H3,(H,25,28)/t14-,15+/m1/s1. The molecule has 1 saturated heterocycles. The third-order valence-electron chi connectivity index (χ3n) is 6.87. The summed E-state index contributed by atoms with van der Waals surface area (Å²) >= 11 is 6.35. The minimum Gasteiger partial charge on any atom is -0.390 e. The fraction of sp³-hybridized carbons (Fsp3) is 0.522. The third kappa shape index (κ3) is 3.74. The maximum atomic E-state index is 10.6.